The average Bonchev–Trinajstić information content (AvgIpc) is 2.66. The molecule has 5 nitrogen and oxygen atoms in total. The zero-order valence-electron chi connectivity index (χ0n) is 14.9. The highest BCUT2D eigenvalue weighted by molar-refractivity contribution is 9.10. The van der Waals surface area contributed by atoms with Crippen LogP contribution >= 0.6 is 15.9 Å². The molecule has 1 heterocycles. The fraction of sp³-hybridized carbons (Fsp3) is 0.350. The van der Waals surface area contributed by atoms with Crippen LogP contribution in [-0.2, 0) is 0 Å². The Kier molecular flexibility index (Phi) is 6.39. The zero-order chi connectivity index (χ0) is 18.4. The summed E-state index contributed by atoms with van der Waals surface area (Å²) >= 11 is 3.48. The molecule has 0 spiro atoms. The number of rotatable bonds is 6. The van der Waals surface area contributed by atoms with Gasteiger partial charge in [-0.05, 0) is 36.8 Å². The third kappa shape index (κ3) is 4.91. The number of amides is 2. The highest BCUT2D eigenvalue weighted by Gasteiger charge is 2.23. The van der Waals surface area contributed by atoms with Gasteiger partial charge >= 0.3 is 6.03 Å². The molecule has 6 heteroatoms. The topological polar surface area (TPSA) is 53.6 Å². The Bertz CT molecular complexity index is 739. The summed E-state index contributed by atoms with van der Waals surface area (Å²) in [4.78, 5) is 14.4. The first-order valence-electron chi connectivity index (χ1n) is 8.86. The van der Waals surface area contributed by atoms with Gasteiger partial charge in [-0.15, -0.1) is 0 Å². The summed E-state index contributed by atoms with van der Waals surface area (Å²) in [5.74, 6) is 0.842. The molecule has 0 aliphatic carbocycles. The van der Waals surface area contributed by atoms with E-state index in [0.29, 0.717) is 13.2 Å². The van der Waals surface area contributed by atoms with Gasteiger partial charge in [-0.1, -0.05) is 34.1 Å². The number of hydrogen-bond acceptors (Lipinski definition) is 3. The first-order chi connectivity index (χ1) is 12.6. The lowest BCUT2D eigenvalue weighted by Gasteiger charge is -2.27. The van der Waals surface area contributed by atoms with Gasteiger partial charge in [-0.2, -0.15) is 0 Å². The number of ether oxygens (including phenoxy) is 1. The highest BCUT2D eigenvalue weighted by Crippen LogP contribution is 2.33. The zero-order valence-corrected chi connectivity index (χ0v) is 16.5. The van der Waals surface area contributed by atoms with E-state index in [9.17, 15) is 4.79 Å². The van der Waals surface area contributed by atoms with Crippen molar-refractivity contribution in [3.63, 3.8) is 0 Å². The van der Waals surface area contributed by atoms with Crippen LogP contribution in [0.25, 0.3) is 0 Å². The van der Waals surface area contributed by atoms with Crippen LogP contribution in [0, 0.1) is 0 Å². The molecule has 2 N–H and O–H groups in total. The van der Waals surface area contributed by atoms with Gasteiger partial charge in [0.2, 0.25) is 0 Å². The average molecular weight is 418 g/mol. The van der Waals surface area contributed by atoms with E-state index < -0.39 is 0 Å². The van der Waals surface area contributed by atoms with Crippen LogP contribution in [0.4, 0.5) is 10.5 Å². The third-order valence-corrected chi connectivity index (χ3v) is 4.96. The molecule has 3 rings (SSSR count). The van der Waals surface area contributed by atoms with Crippen molar-refractivity contribution in [1.82, 2.24) is 10.6 Å². The summed E-state index contributed by atoms with van der Waals surface area (Å²) in [5, 5.41) is 6.01. The summed E-state index contributed by atoms with van der Waals surface area (Å²) in [5.41, 5.74) is 2.20. The van der Waals surface area contributed by atoms with Crippen LogP contribution in [0.5, 0.6) is 5.75 Å². The van der Waals surface area contributed by atoms with Gasteiger partial charge < -0.3 is 20.3 Å². The van der Waals surface area contributed by atoms with Crippen molar-refractivity contribution < 1.29 is 9.53 Å². The lowest BCUT2D eigenvalue weighted by molar-refractivity contribution is 0.223. The van der Waals surface area contributed by atoms with Crippen LogP contribution < -0.4 is 20.3 Å². The standard InChI is InChI=1S/C20H24BrN3O2/c1-24(16-6-3-2-4-7-16)12-5-11-22-20(25)23-18-10-13-26-19-9-8-15(21)14-17(18)19/h2-4,6-9,14,18H,5,10-13H2,1H3,(H2,22,23,25). The largest absolute Gasteiger partial charge is 0.493 e. The van der Waals surface area contributed by atoms with E-state index in [-0.39, 0.29) is 12.1 Å². The minimum absolute atomic E-state index is 0.0248. The lowest BCUT2D eigenvalue weighted by atomic mass is 10.0. The summed E-state index contributed by atoms with van der Waals surface area (Å²) in [6, 6.07) is 16.0. The Hall–Kier alpha value is -2.21. The lowest BCUT2D eigenvalue weighted by Crippen LogP contribution is -2.40. The van der Waals surface area contributed by atoms with Gasteiger partial charge in [0.15, 0.2) is 0 Å². The van der Waals surface area contributed by atoms with E-state index in [1.165, 1.54) is 5.69 Å². The van der Waals surface area contributed by atoms with Gasteiger partial charge in [-0.25, -0.2) is 4.79 Å². The fourth-order valence-electron chi connectivity index (χ4n) is 3.05. The molecular formula is C20H24BrN3O2. The van der Waals surface area contributed by atoms with Crippen LogP contribution in [0.3, 0.4) is 0 Å². The normalized spacial score (nSPS) is 15.5. The Labute approximate surface area is 162 Å². The van der Waals surface area contributed by atoms with E-state index in [2.05, 4.69) is 50.6 Å². The fourth-order valence-corrected chi connectivity index (χ4v) is 3.43. The molecule has 138 valence electrons. The Morgan fingerprint density at radius 3 is 2.88 bits per heavy atom. The van der Waals surface area contributed by atoms with Crippen molar-refractivity contribution in [2.75, 3.05) is 31.6 Å². The molecule has 2 aromatic rings. The number of nitrogens with one attached hydrogen (secondary N) is 2. The number of halogens is 1. The number of urea groups is 1. The highest BCUT2D eigenvalue weighted by atomic mass is 79.9. The smallest absolute Gasteiger partial charge is 0.315 e. The quantitative estimate of drug-likeness (QED) is 0.695. The summed E-state index contributed by atoms with van der Waals surface area (Å²) in [6.07, 6.45) is 1.66. The van der Waals surface area contributed by atoms with E-state index >= 15 is 0 Å². The maximum Gasteiger partial charge on any atom is 0.315 e. The molecule has 1 unspecified atom stereocenters. The Balaban J connectivity index is 1.43. The van der Waals surface area contributed by atoms with Gasteiger partial charge in [0.05, 0.1) is 12.6 Å². The Morgan fingerprint density at radius 2 is 2.08 bits per heavy atom. The maximum absolute atomic E-state index is 12.2. The first-order valence-corrected chi connectivity index (χ1v) is 9.65. The van der Waals surface area contributed by atoms with Crippen molar-refractivity contribution >= 4 is 27.6 Å². The van der Waals surface area contributed by atoms with E-state index in [4.69, 9.17) is 4.74 Å². The van der Waals surface area contributed by atoms with Gasteiger partial charge in [0, 0.05) is 42.3 Å². The van der Waals surface area contributed by atoms with Crippen LogP contribution in [0.1, 0.15) is 24.4 Å². The maximum atomic E-state index is 12.2. The third-order valence-electron chi connectivity index (χ3n) is 4.47. The molecule has 0 aromatic heterocycles. The molecule has 2 amide bonds. The summed E-state index contributed by atoms with van der Waals surface area (Å²) in [7, 11) is 2.06. The second-order valence-corrected chi connectivity index (χ2v) is 7.30. The van der Waals surface area contributed by atoms with Gasteiger partial charge in [0.25, 0.3) is 0 Å². The molecule has 0 radical (unpaired) electrons. The Morgan fingerprint density at radius 1 is 1.27 bits per heavy atom. The monoisotopic (exact) mass is 417 g/mol. The summed E-state index contributed by atoms with van der Waals surface area (Å²) in [6.45, 7) is 2.14. The second kappa shape index (κ2) is 8.94. The van der Waals surface area contributed by atoms with E-state index in [1.54, 1.807) is 0 Å². The molecule has 0 saturated heterocycles. The SMILES string of the molecule is CN(CCCNC(=O)NC1CCOc2ccc(Br)cc21)c1ccccc1. The minimum Gasteiger partial charge on any atom is -0.493 e. The van der Waals surface area contributed by atoms with Gasteiger partial charge in [-0.3, -0.25) is 0 Å². The van der Waals surface area contributed by atoms with Crippen molar-refractivity contribution in [1.29, 1.82) is 0 Å². The molecule has 26 heavy (non-hydrogen) atoms. The number of benzene rings is 2. The van der Waals surface area contributed by atoms with E-state index in [0.717, 1.165) is 35.2 Å². The molecule has 1 aliphatic heterocycles. The van der Waals surface area contributed by atoms with E-state index in [1.807, 2.05) is 36.4 Å². The molecule has 0 bridgehead atoms. The van der Waals surface area contributed by atoms with Crippen molar-refractivity contribution in [2.24, 2.45) is 0 Å². The van der Waals surface area contributed by atoms with Crippen molar-refractivity contribution in [2.45, 2.75) is 18.9 Å². The van der Waals surface area contributed by atoms with Crippen LogP contribution in [0.2, 0.25) is 0 Å². The number of anilines is 1. The number of hydrogen-bond donors (Lipinski definition) is 2. The summed E-state index contributed by atoms with van der Waals surface area (Å²) < 4.78 is 6.64. The van der Waals surface area contributed by atoms with Crippen molar-refractivity contribution in [3.8, 4) is 5.75 Å². The molecule has 1 atom stereocenters. The van der Waals surface area contributed by atoms with Crippen molar-refractivity contribution in [3.05, 3.63) is 58.6 Å². The molecule has 0 saturated carbocycles. The molecule has 0 fully saturated rings. The number of carbonyl (C=O) groups is 1. The van der Waals surface area contributed by atoms with Crippen LogP contribution in [-0.4, -0.2) is 32.8 Å². The number of fused-ring (bicyclic) bond motifs is 1. The molecular weight excluding hydrogens is 394 g/mol. The predicted molar refractivity (Wildman–Crippen MR) is 108 cm³/mol. The molecule has 2 aromatic carbocycles. The van der Waals surface area contributed by atoms with Crippen LogP contribution in [0.15, 0.2) is 53.0 Å². The first kappa shape index (κ1) is 18.6. The minimum atomic E-state index is -0.134. The van der Waals surface area contributed by atoms with Gasteiger partial charge in [0.1, 0.15) is 5.75 Å². The predicted octanol–water partition coefficient (Wildman–Crippen LogP) is 4.10. The number of carbonyl (C=O) groups excluding carboxylic acids is 1. The number of para-hydroxylation sites is 1. The molecule has 1 aliphatic rings. The second-order valence-electron chi connectivity index (χ2n) is 6.38. The number of nitrogens with zero attached hydrogens (tertiary/aromatic N) is 1.